The number of rotatable bonds is 7. The van der Waals surface area contributed by atoms with Crippen molar-refractivity contribution in [3.05, 3.63) is 64.7 Å². The highest BCUT2D eigenvalue weighted by Crippen LogP contribution is 2.19. The number of H-pyrrole nitrogens is 1. The van der Waals surface area contributed by atoms with Crippen LogP contribution in [0.3, 0.4) is 0 Å². The molecule has 0 atom stereocenters. The van der Waals surface area contributed by atoms with Crippen molar-refractivity contribution in [1.29, 1.82) is 0 Å². The average molecular weight is 375 g/mol. The molecule has 0 saturated heterocycles. The van der Waals surface area contributed by atoms with Crippen LogP contribution in [0.25, 0.3) is 0 Å². The van der Waals surface area contributed by atoms with Crippen molar-refractivity contribution >= 4 is 23.3 Å². The van der Waals surface area contributed by atoms with Gasteiger partial charge in [0, 0.05) is 17.6 Å². The van der Waals surface area contributed by atoms with E-state index in [-0.39, 0.29) is 18.3 Å². The van der Waals surface area contributed by atoms with Crippen molar-refractivity contribution in [3.63, 3.8) is 0 Å². The second kappa shape index (κ2) is 8.07. The molecule has 3 aromatic rings. The lowest BCUT2D eigenvalue weighted by atomic mass is 10.3. The molecular weight excluding hydrogens is 356 g/mol. The van der Waals surface area contributed by atoms with Gasteiger partial charge in [0.25, 0.3) is 5.91 Å². The summed E-state index contributed by atoms with van der Waals surface area (Å²) in [7, 11) is 3.91. The van der Waals surface area contributed by atoms with Gasteiger partial charge in [-0.3, -0.25) is 9.89 Å². The number of carbonyl (C=O) groups excluding carboxylic acids is 1. The number of hydrogen-bond acceptors (Lipinski definition) is 5. The van der Waals surface area contributed by atoms with Gasteiger partial charge in [-0.15, -0.1) is 0 Å². The van der Waals surface area contributed by atoms with Crippen LogP contribution in [0, 0.1) is 0 Å². The molecular formula is C18H19ClN4O3. The predicted molar refractivity (Wildman–Crippen MR) is 98.4 cm³/mol. The van der Waals surface area contributed by atoms with Crippen molar-refractivity contribution in [2.45, 2.75) is 13.2 Å². The Labute approximate surface area is 155 Å². The molecule has 26 heavy (non-hydrogen) atoms. The van der Waals surface area contributed by atoms with Gasteiger partial charge in [-0.2, -0.15) is 5.10 Å². The largest absolute Gasteiger partial charge is 0.486 e. The first-order valence-electron chi connectivity index (χ1n) is 7.97. The fraction of sp³-hybridized carbons (Fsp3) is 0.222. The Bertz CT molecular complexity index is 888. The zero-order valence-corrected chi connectivity index (χ0v) is 15.2. The molecule has 1 aromatic carbocycles. The van der Waals surface area contributed by atoms with Crippen LogP contribution in [0.5, 0.6) is 5.75 Å². The van der Waals surface area contributed by atoms with Crippen LogP contribution in [0.4, 0.5) is 5.82 Å². The molecule has 0 unspecified atom stereocenters. The third-order valence-electron chi connectivity index (χ3n) is 3.42. The van der Waals surface area contributed by atoms with E-state index in [4.69, 9.17) is 20.8 Å². The maximum absolute atomic E-state index is 12.3. The van der Waals surface area contributed by atoms with Crippen molar-refractivity contribution in [1.82, 2.24) is 15.1 Å². The van der Waals surface area contributed by atoms with Gasteiger partial charge in [0.1, 0.15) is 18.1 Å². The number of amides is 1. The van der Waals surface area contributed by atoms with Crippen molar-refractivity contribution in [3.8, 4) is 5.75 Å². The van der Waals surface area contributed by atoms with Gasteiger partial charge < -0.3 is 19.4 Å². The van der Waals surface area contributed by atoms with Gasteiger partial charge >= 0.3 is 0 Å². The van der Waals surface area contributed by atoms with E-state index in [1.807, 2.05) is 19.0 Å². The first-order chi connectivity index (χ1) is 12.5. The molecule has 8 heteroatoms. The zero-order chi connectivity index (χ0) is 18.5. The third-order valence-corrected chi connectivity index (χ3v) is 3.66. The smallest absolute Gasteiger partial charge is 0.292 e. The van der Waals surface area contributed by atoms with E-state index in [1.165, 1.54) is 0 Å². The van der Waals surface area contributed by atoms with Crippen LogP contribution in [-0.2, 0) is 13.2 Å². The number of aromatic amines is 1. The fourth-order valence-corrected chi connectivity index (χ4v) is 2.49. The number of carbonyl (C=O) groups is 1. The van der Waals surface area contributed by atoms with E-state index >= 15 is 0 Å². The maximum atomic E-state index is 12.3. The number of ether oxygens (including phenoxy) is 1. The number of nitrogens with one attached hydrogen (secondary N) is 2. The number of anilines is 1. The summed E-state index contributed by atoms with van der Waals surface area (Å²) in [6.45, 7) is 0.900. The minimum Gasteiger partial charge on any atom is -0.486 e. The molecule has 0 saturated carbocycles. The first kappa shape index (κ1) is 18.0. The molecule has 7 nitrogen and oxygen atoms in total. The Balaban J connectivity index is 1.56. The highest BCUT2D eigenvalue weighted by atomic mass is 35.5. The molecule has 3 rings (SSSR count). The van der Waals surface area contributed by atoms with Crippen molar-refractivity contribution in [2.24, 2.45) is 0 Å². The number of nitrogens with zero attached hydrogens (tertiary/aromatic N) is 2. The highest BCUT2D eigenvalue weighted by molar-refractivity contribution is 6.30. The summed E-state index contributed by atoms with van der Waals surface area (Å²) in [6, 6.07) is 12.1. The van der Waals surface area contributed by atoms with Gasteiger partial charge in [-0.1, -0.05) is 17.7 Å². The molecule has 2 N–H and O–H groups in total. The van der Waals surface area contributed by atoms with E-state index < -0.39 is 0 Å². The molecule has 0 bridgehead atoms. The van der Waals surface area contributed by atoms with E-state index in [2.05, 4.69) is 15.5 Å². The van der Waals surface area contributed by atoms with Gasteiger partial charge in [-0.25, -0.2) is 0 Å². The van der Waals surface area contributed by atoms with Crippen molar-refractivity contribution in [2.75, 3.05) is 19.4 Å². The van der Waals surface area contributed by atoms with E-state index in [0.717, 1.165) is 5.69 Å². The Morgan fingerprint density at radius 1 is 1.31 bits per heavy atom. The van der Waals surface area contributed by atoms with Crippen LogP contribution in [0.2, 0.25) is 5.02 Å². The van der Waals surface area contributed by atoms with Crippen LogP contribution >= 0.6 is 11.6 Å². The van der Waals surface area contributed by atoms with E-state index in [1.54, 1.807) is 42.5 Å². The van der Waals surface area contributed by atoms with Gasteiger partial charge in [0.15, 0.2) is 11.6 Å². The Hall–Kier alpha value is -2.77. The molecule has 0 aliphatic heterocycles. The summed E-state index contributed by atoms with van der Waals surface area (Å²) >= 11 is 5.91. The summed E-state index contributed by atoms with van der Waals surface area (Å²) in [5, 5.41) is 10.2. The molecule has 2 heterocycles. The molecule has 1 amide bonds. The second-order valence-corrected chi connectivity index (χ2v) is 6.42. The summed E-state index contributed by atoms with van der Waals surface area (Å²) < 4.78 is 11.1. The fourth-order valence-electron chi connectivity index (χ4n) is 2.31. The Morgan fingerprint density at radius 2 is 2.15 bits per heavy atom. The molecule has 2 aromatic heterocycles. The molecule has 136 valence electrons. The summed E-state index contributed by atoms with van der Waals surface area (Å²) in [6.07, 6.45) is 0. The number of furan rings is 1. The van der Waals surface area contributed by atoms with Crippen LogP contribution < -0.4 is 10.1 Å². The number of benzene rings is 1. The average Bonchev–Trinajstić information content (AvgIpc) is 3.22. The minimum atomic E-state index is -0.373. The minimum absolute atomic E-state index is 0.187. The summed E-state index contributed by atoms with van der Waals surface area (Å²) in [4.78, 5) is 14.2. The zero-order valence-electron chi connectivity index (χ0n) is 14.5. The molecule has 0 aliphatic carbocycles. The standard InChI is InChI=1S/C18H19ClN4O3/c1-23(2)10-13-9-17(22-21-13)20-18(24)16-7-6-15(26-16)11-25-14-5-3-4-12(19)8-14/h3-9H,10-11H2,1-2H3,(H2,20,21,22,24). The first-order valence-corrected chi connectivity index (χ1v) is 8.35. The second-order valence-electron chi connectivity index (χ2n) is 5.98. The van der Waals surface area contributed by atoms with Crippen molar-refractivity contribution < 1.29 is 13.9 Å². The number of aromatic nitrogens is 2. The lowest BCUT2D eigenvalue weighted by molar-refractivity contribution is 0.0992. The van der Waals surface area contributed by atoms with E-state index in [0.29, 0.717) is 28.9 Å². The quantitative estimate of drug-likeness (QED) is 0.660. The molecule has 0 aliphatic rings. The van der Waals surface area contributed by atoms with Gasteiger partial charge in [-0.05, 0) is 44.4 Å². The topological polar surface area (TPSA) is 83.4 Å². The highest BCUT2D eigenvalue weighted by Gasteiger charge is 2.13. The molecule has 0 spiro atoms. The molecule has 0 fully saturated rings. The maximum Gasteiger partial charge on any atom is 0.292 e. The van der Waals surface area contributed by atoms with Gasteiger partial charge in [0.05, 0.1) is 5.69 Å². The van der Waals surface area contributed by atoms with Crippen LogP contribution in [-0.4, -0.2) is 35.1 Å². The van der Waals surface area contributed by atoms with Gasteiger partial charge in [0.2, 0.25) is 0 Å². The number of hydrogen-bond donors (Lipinski definition) is 2. The normalized spacial score (nSPS) is 10.9. The van der Waals surface area contributed by atoms with Crippen LogP contribution in [0.15, 0.2) is 46.9 Å². The van der Waals surface area contributed by atoms with Crippen LogP contribution in [0.1, 0.15) is 22.0 Å². The van der Waals surface area contributed by atoms with E-state index in [9.17, 15) is 4.79 Å². The predicted octanol–water partition coefficient (Wildman–Crippen LogP) is 3.55. The third kappa shape index (κ3) is 4.87. The summed E-state index contributed by atoms with van der Waals surface area (Å²) in [5.74, 6) is 1.42. The Kier molecular flexibility index (Phi) is 5.60. The lowest BCUT2D eigenvalue weighted by Gasteiger charge is -2.05. The monoisotopic (exact) mass is 374 g/mol. The Morgan fingerprint density at radius 3 is 2.92 bits per heavy atom. The SMILES string of the molecule is CN(C)Cc1cc(NC(=O)c2ccc(COc3cccc(Cl)c3)o2)n[nH]1. The lowest BCUT2D eigenvalue weighted by Crippen LogP contribution is -2.11. The number of halogens is 1. The summed E-state index contributed by atoms with van der Waals surface area (Å²) in [5.41, 5.74) is 0.903. The molecule has 0 radical (unpaired) electrons.